The number of rotatable bonds is 11. The van der Waals surface area contributed by atoms with Crippen LogP contribution in [0.25, 0.3) is 22.1 Å². The maximum Gasteiger partial charge on any atom is 0.308 e. The van der Waals surface area contributed by atoms with Crippen molar-refractivity contribution in [1.29, 1.82) is 0 Å². The molecule has 8 rings (SSSR count). The first kappa shape index (κ1) is 43.7. The van der Waals surface area contributed by atoms with Crippen LogP contribution < -0.4 is 9.80 Å². The molecule has 1 N–H and O–H groups in total. The monoisotopic (exact) mass is 870 g/mol. The number of ether oxygens (including phenoxy) is 1. The highest BCUT2D eigenvalue weighted by atomic mass is 32.2. The van der Waals surface area contributed by atoms with Crippen molar-refractivity contribution >= 4 is 59.7 Å². The number of aliphatic hydroxyl groups excluding tert-OH is 1. The Morgan fingerprint density at radius 3 is 1.46 bits per heavy atom. The van der Waals surface area contributed by atoms with E-state index in [1.54, 1.807) is 66.9 Å². The fourth-order valence-electron chi connectivity index (χ4n) is 8.45. The number of carbonyl (C=O) groups excluding carboxylic acids is 1. The molecule has 324 valence electrons. The number of hydrogen-bond acceptors (Lipinski definition) is 13. The predicted octanol–water partition coefficient (Wildman–Crippen LogP) is 6.50. The summed E-state index contributed by atoms with van der Waals surface area (Å²) < 4.78 is 60.3. The fraction of sp³-hybridized carbons (Fsp3) is 0.432. The van der Waals surface area contributed by atoms with Crippen molar-refractivity contribution in [2.75, 3.05) is 37.1 Å². The summed E-state index contributed by atoms with van der Waals surface area (Å²) in [6.45, 7) is 6.30. The minimum atomic E-state index is -3.77. The second kappa shape index (κ2) is 18.3. The first-order chi connectivity index (χ1) is 29.2. The highest BCUT2D eigenvalue weighted by Gasteiger charge is 2.31. The zero-order chi connectivity index (χ0) is 43.5. The van der Waals surface area contributed by atoms with Crippen molar-refractivity contribution in [1.82, 2.24) is 27.9 Å². The lowest BCUT2D eigenvalue weighted by Gasteiger charge is -2.35. The molecule has 6 aromatic rings. The number of aromatic nitrogens is 6. The van der Waals surface area contributed by atoms with E-state index in [9.17, 15) is 26.7 Å². The molecule has 2 aromatic carbocycles. The number of anilines is 2. The van der Waals surface area contributed by atoms with Crippen LogP contribution in [-0.2, 0) is 29.6 Å². The van der Waals surface area contributed by atoms with Crippen molar-refractivity contribution in [2.24, 2.45) is 11.8 Å². The van der Waals surface area contributed by atoms with Gasteiger partial charge in [-0.1, -0.05) is 35.4 Å². The molecule has 2 aliphatic carbocycles. The number of nitrogens with zero attached hydrogens (tertiary/aromatic N) is 8. The summed E-state index contributed by atoms with van der Waals surface area (Å²) in [5.41, 5.74) is 2.72. The Morgan fingerprint density at radius 1 is 0.656 bits per heavy atom. The standard InChI is InChI=1S/C23H28N4O4S.C21H26N4O3S/c1-4-31-23(28)17-7-9-18(10-8-17)26(3)21-20-13-14-27(22(20)25-15-24-21)32(29,30)19-11-5-16(2)6-12-19;1-15-3-9-18(10-4-15)29(27,28)25-12-11-19-20(22-14-23-21(19)25)24(2)17-7-5-16(13-26)6-8-17/h5-6,11-15,17-18H,4,7-10H2,1-3H3;3-4,9-12,14,16-17,26H,5-8,13H2,1-2H3. The van der Waals surface area contributed by atoms with E-state index >= 15 is 0 Å². The average Bonchev–Trinajstić information content (AvgIpc) is 3.93. The summed E-state index contributed by atoms with van der Waals surface area (Å²) in [6.07, 6.45) is 13.1. The van der Waals surface area contributed by atoms with E-state index in [1.165, 1.54) is 26.8 Å². The van der Waals surface area contributed by atoms with Crippen LogP contribution in [0.15, 0.2) is 95.5 Å². The molecular formula is C44H54N8O7S2. The van der Waals surface area contributed by atoms with Gasteiger partial charge in [-0.3, -0.25) is 4.79 Å². The molecule has 2 aliphatic rings. The summed E-state index contributed by atoms with van der Waals surface area (Å²) in [6, 6.07) is 17.6. The Balaban J connectivity index is 0.000000185. The molecule has 0 spiro atoms. The Kier molecular flexibility index (Phi) is 13.1. The number of carbonyl (C=O) groups is 1. The Morgan fingerprint density at radius 2 is 1.07 bits per heavy atom. The van der Waals surface area contributed by atoms with Gasteiger partial charge in [0.2, 0.25) is 0 Å². The summed E-state index contributed by atoms with van der Waals surface area (Å²) in [7, 11) is -3.55. The van der Waals surface area contributed by atoms with Gasteiger partial charge in [-0.05, 0) is 114 Å². The van der Waals surface area contributed by atoms with Gasteiger partial charge in [0.25, 0.3) is 20.0 Å². The normalized spacial score (nSPS) is 19.6. The highest BCUT2D eigenvalue weighted by molar-refractivity contribution is 7.90. The van der Waals surface area contributed by atoms with Gasteiger partial charge in [-0.25, -0.2) is 44.7 Å². The molecule has 0 unspecified atom stereocenters. The third-order valence-corrected chi connectivity index (χ3v) is 15.5. The van der Waals surface area contributed by atoms with Crippen LogP contribution >= 0.6 is 0 Å². The van der Waals surface area contributed by atoms with Gasteiger partial charge >= 0.3 is 5.97 Å². The molecule has 4 aromatic heterocycles. The molecule has 0 amide bonds. The first-order valence-corrected chi connectivity index (χ1v) is 23.6. The van der Waals surface area contributed by atoms with Crippen LogP contribution in [0, 0.1) is 25.7 Å². The lowest BCUT2D eigenvalue weighted by atomic mass is 9.85. The van der Waals surface area contributed by atoms with E-state index in [0.29, 0.717) is 41.1 Å². The minimum absolute atomic E-state index is 0.0502. The van der Waals surface area contributed by atoms with E-state index in [0.717, 1.165) is 73.7 Å². The number of aliphatic hydroxyl groups is 1. The molecule has 2 fully saturated rings. The van der Waals surface area contributed by atoms with E-state index in [2.05, 4.69) is 29.7 Å². The molecule has 0 atom stereocenters. The number of benzene rings is 2. The zero-order valence-corrected chi connectivity index (χ0v) is 36.9. The van der Waals surface area contributed by atoms with Crippen molar-refractivity contribution in [2.45, 2.75) is 94.0 Å². The van der Waals surface area contributed by atoms with Crippen LogP contribution in [0.1, 0.15) is 69.4 Å². The van der Waals surface area contributed by atoms with Crippen LogP contribution in [0.3, 0.4) is 0 Å². The molecule has 17 heteroatoms. The molecule has 2 saturated carbocycles. The van der Waals surface area contributed by atoms with E-state index in [1.807, 2.05) is 34.9 Å². The number of aryl methyl sites for hydroxylation is 2. The minimum Gasteiger partial charge on any atom is -0.466 e. The maximum atomic E-state index is 13.2. The number of esters is 1. The van der Waals surface area contributed by atoms with Crippen LogP contribution in [0.4, 0.5) is 11.6 Å². The summed E-state index contributed by atoms with van der Waals surface area (Å²) >= 11 is 0. The lowest BCUT2D eigenvalue weighted by Crippen LogP contribution is -2.37. The first-order valence-electron chi connectivity index (χ1n) is 20.8. The van der Waals surface area contributed by atoms with Crippen LogP contribution in [0.5, 0.6) is 0 Å². The molecule has 0 saturated heterocycles. The van der Waals surface area contributed by atoms with E-state index < -0.39 is 20.0 Å². The van der Waals surface area contributed by atoms with Gasteiger partial charge in [-0.15, -0.1) is 0 Å². The zero-order valence-electron chi connectivity index (χ0n) is 35.3. The maximum absolute atomic E-state index is 13.2. The van der Waals surface area contributed by atoms with Crippen molar-refractivity contribution in [3.63, 3.8) is 0 Å². The third-order valence-electron chi connectivity index (χ3n) is 12.2. The summed E-state index contributed by atoms with van der Waals surface area (Å²) in [4.78, 5) is 34.2. The largest absolute Gasteiger partial charge is 0.466 e. The molecule has 15 nitrogen and oxygen atoms in total. The van der Waals surface area contributed by atoms with Gasteiger partial charge in [0.15, 0.2) is 11.3 Å². The Labute approximate surface area is 357 Å². The van der Waals surface area contributed by atoms with Crippen LogP contribution in [-0.4, -0.2) is 95.2 Å². The molecular weight excluding hydrogens is 817 g/mol. The average molecular weight is 871 g/mol. The molecule has 0 aliphatic heterocycles. The van der Waals surface area contributed by atoms with Gasteiger partial charge < -0.3 is 19.6 Å². The highest BCUT2D eigenvalue weighted by Crippen LogP contribution is 2.35. The van der Waals surface area contributed by atoms with Crippen molar-refractivity contribution in [3.05, 3.63) is 96.8 Å². The topological polar surface area (TPSA) is 183 Å². The number of fused-ring (bicyclic) bond motifs is 2. The summed E-state index contributed by atoms with van der Waals surface area (Å²) in [5, 5.41) is 10.8. The molecule has 0 radical (unpaired) electrons. The van der Waals surface area contributed by atoms with Gasteiger partial charge in [0.1, 0.15) is 24.3 Å². The van der Waals surface area contributed by atoms with Gasteiger partial charge in [0, 0.05) is 45.2 Å². The van der Waals surface area contributed by atoms with E-state index in [-0.39, 0.29) is 34.3 Å². The van der Waals surface area contributed by atoms with Crippen molar-refractivity contribution < 1.29 is 31.5 Å². The third kappa shape index (κ3) is 9.00. The smallest absolute Gasteiger partial charge is 0.308 e. The second-order valence-corrected chi connectivity index (χ2v) is 19.7. The molecule has 61 heavy (non-hydrogen) atoms. The van der Waals surface area contributed by atoms with Gasteiger partial charge in [-0.2, -0.15) is 0 Å². The van der Waals surface area contributed by atoms with Crippen molar-refractivity contribution in [3.8, 4) is 0 Å². The lowest BCUT2D eigenvalue weighted by molar-refractivity contribution is -0.149. The Hall–Kier alpha value is -5.39. The number of hydrogen-bond donors (Lipinski definition) is 1. The van der Waals surface area contributed by atoms with Gasteiger partial charge in [0.05, 0.1) is 33.1 Å². The predicted molar refractivity (Wildman–Crippen MR) is 235 cm³/mol. The van der Waals surface area contributed by atoms with Crippen LogP contribution in [0.2, 0.25) is 0 Å². The molecule has 4 heterocycles. The SMILES string of the molecule is CCOC(=O)C1CCC(N(C)c2ncnc3c2ccn3S(=O)(=O)c2ccc(C)cc2)CC1.Cc1ccc(S(=O)(=O)n2ccc3c(N(C)C4CCC(CO)CC4)ncnc32)cc1. The second-order valence-electron chi connectivity index (χ2n) is 16.1. The molecule has 0 bridgehead atoms. The quantitative estimate of drug-likeness (QED) is 0.140. The van der Waals surface area contributed by atoms with E-state index in [4.69, 9.17) is 4.74 Å². The fourth-order valence-corrected chi connectivity index (χ4v) is 11.0. The summed E-state index contributed by atoms with van der Waals surface area (Å²) in [5.74, 6) is 1.64. The Bertz CT molecular complexity index is 2690.